The van der Waals surface area contributed by atoms with E-state index in [1.807, 2.05) is 0 Å². The minimum Gasteiger partial charge on any atom is -0.355 e. The van der Waals surface area contributed by atoms with E-state index in [1.54, 1.807) is 7.05 Å². The third-order valence-electron chi connectivity index (χ3n) is 4.97. The molecule has 1 aliphatic carbocycles. The highest BCUT2D eigenvalue weighted by Gasteiger charge is 2.26. The lowest BCUT2D eigenvalue weighted by atomic mass is 9.92. The van der Waals surface area contributed by atoms with Gasteiger partial charge in [0.25, 0.3) is 0 Å². The van der Waals surface area contributed by atoms with E-state index in [9.17, 15) is 8.42 Å². The lowest BCUT2D eigenvalue weighted by molar-refractivity contribution is 0.119. The molecule has 0 spiro atoms. The van der Waals surface area contributed by atoms with E-state index in [0.717, 1.165) is 37.9 Å². The number of nitrogens with one attached hydrogen (secondary N) is 3. The predicted molar refractivity (Wildman–Crippen MR) is 98.8 cm³/mol. The lowest BCUT2D eigenvalue weighted by Gasteiger charge is -2.39. The quantitative estimate of drug-likeness (QED) is 0.365. The van der Waals surface area contributed by atoms with E-state index in [2.05, 4.69) is 25.2 Å². The van der Waals surface area contributed by atoms with Crippen LogP contribution < -0.4 is 15.4 Å². The van der Waals surface area contributed by atoms with Crippen LogP contribution in [-0.2, 0) is 10.0 Å². The van der Waals surface area contributed by atoms with Crippen LogP contribution in [0.2, 0.25) is 0 Å². The van der Waals surface area contributed by atoms with Gasteiger partial charge in [0.2, 0.25) is 10.0 Å². The van der Waals surface area contributed by atoms with E-state index < -0.39 is 10.0 Å². The number of piperidine rings is 1. The van der Waals surface area contributed by atoms with Crippen LogP contribution in [0.4, 0.5) is 0 Å². The maximum absolute atomic E-state index is 11.0. The van der Waals surface area contributed by atoms with Crippen LogP contribution in [0.25, 0.3) is 0 Å². The van der Waals surface area contributed by atoms with Gasteiger partial charge in [0.1, 0.15) is 0 Å². The molecule has 0 aromatic heterocycles. The number of hydrogen-bond acceptors (Lipinski definition) is 4. The molecule has 1 aliphatic heterocycles. The minimum atomic E-state index is -3.13. The van der Waals surface area contributed by atoms with Crippen molar-refractivity contribution in [1.82, 2.24) is 20.3 Å². The number of hydrogen-bond donors (Lipinski definition) is 3. The Kier molecular flexibility index (Phi) is 7.77. The predicted octanol–water partition coefficient (Wildman–Crippen LogP) is 0.498. The molecule has 2 rings (SSSR count). The number of rotatable bonds is 6. The molecule has 140 valence electrons. The Morgan fingerprint density at radius 1 is 1.08 bits per heavy atom. The first kappa shape index (κ1) is 19.5. The highest BCUT2D eigenvalue weighted by atomic mass is 32.2. The zero-order chi connectivity index (χ0) is 17.4. The Labute approximate surface area is 146 Å². The second-order valence-electron chi connectivity index (χ2n) is 6.91. The molecular weight excluding hydrogens is 326 g/mol. The van der Waals surface area contributed by atoms with Gasteiger partial charge < -0.3 is 15.5 Å². The first-order valence-electron chi connectivity index (χ1n) is 9.14. The van der Waals surface area contributed by atoms with Crippen LogP contribution in [-0.4, -0.2) is 70.8 Å². The van der Waals surface area contributed by atoms with Crippen molar-refractivity contribution in [1.29, 1.82) is 0 Å². The molecule has 0 amide bonds. The molecular formula is C16H33N5O2S. The summed E-state index contributed by atoms with van der Waals surface area (Å²) in [6.45, 7) is 3.21. The van der Waals surface area contributed by atoms with Crippen LogP contribution in [0.3, 0.4) is 0 Å². The van der Waals surface area contributed by atoms with Crippen molar-refractivity contribution in [2.75, 3.05) is 39.5 Å². The van der Waals surface area contributed by atoms with Crippen LogP contribution in [0, 0.1) is 0 Å². The first-order chi connectivity index (χ1) is 11.5. The molecule has 3 N–H and O–H groups in total. The second kappa shape index (κ2) is 9.58. The average molecular weight is 360 g/mol. The molecule has 0 unspecified atom stereocenters. The lowest BCUT2D eigenvalue weighted by Crippen LogP contribution is -2.51. The largest absolute Gasteiger partial charge is 0.355 e. The highest BCUT2D eigenvalue weighted by Crippen LogP contribution is 2.25. The van der Waals surface area contributed by atoms with E-state index >= 15 is 0 Å². The minimum absolute atomic E-state index is 0.361. The second-order valence-corrected chi connectivity index (χ2v) is 8.74. The summed E-state index contributed by atoms with van der Waals surface area (Å²) in [7, 11) is -1.38. The number of nitrogens with zero attached hydrogens (tertiary/aromatic N) is 2. The Hall–Kier alpha value is -0.860. The maximum atomic E-state index is 11.0. The van der Waals surface area contributed by atoms with Gasteiger partial charge in [0.05, 0.1) is 6.26 Å². The average Bonchev–Trinajstić information content (AvgIpc) is 2.58. The van der Waals surface area contributed by atoms with E-state index in [-0.39, 0.29) is 0 Å². The summed E-state index contributed by atoms with van der Waals surface area (Å²) >= 11 is 0. The van der Waals surface area contributed by atoms with Crippen LogP contribution in [0.15, 0.2) is 4.99 Å². The molecule has 1 saturated carbocycles. The van der Waals surface area contributed by atoms with Gasteiger partial charge in [-0.2, -0.15) is 0 Å². The molecule has 1 heterocycles. The van der Waals surface area contributed by atoms with Gasteiger partial charge >= 0.3 is 0 Å². The van der Waals surface area contributed by atoms with Crippen molar-refractivity contribution < 1.29 is 8.42 Å². The Morgan fingerprint density at radius 3 is 2.33 bits per heavy atom. The number of aliphatic imine (C=N–C) groups is 1. The fourth-order valence-electron chi connectivity index (χ4n) is 3.66. The molecule has 0 bridgehead atoms. The SMILES string of the molecule is CN=C(NCCNS(C)(=O)=O)NC1CCN(C2CCCCC2)CC1. The van der Waals surface area contributed by atoms with Gasteiger partial charge in [-0.3, -0.25) is 4.99 Å². The zero-order valence-electron chi connectivity index (χ0n) is 15.1. The molecule has 0 aromatic rings. The van der Waals surface area contributed by atoms with E-state index in [4.69, 9.17) is 0 Å². The summed E-state index contributed by atoms with van der Waals surface area (Å²) in [5.41, 5.74) is 0. The van der Waals surface area contributed by atoms with Crippen LogP contribution in [0.5, 0.6) is 0 Å². The van der Waals surface area contributed by atoms with Crippen LogP contribution in [0.1, 0.15) is 44.9 Å². The van der Waals surface area contributed by atoms with Gasteiger partial charge in [-0.15, -0.1) is 0 Å². The Balaban J connectivity index is 1.65. The smallest absolute Gasteiger partial charge is 0.208 e. The van der Waals surface area contributed by atoms with Crippen molar-refractivity contribution >= 4 is 16.0 Å². The summed E-state index contributed by atoms with van der Waals surface area (Å²) in [5, 5.41) is 6.62. The standard InChI is InChI=1S/C16H33N5O2S/c1-17-16(18-10-11-19-24(2,22)23)20-14-8-12-21(13-9-14)15-6-4-3-5-7-15/h14-15,19H,3-13H2,1-2H3,(H2,17,18,20). The fourth-order valence-corrected chi connectivity index (χ4v) is 4.13. The van der Waals surface area contributed by atoms with Gasteiger partial charge in [0.15, 0.2) is 5.96 Å². The van der Waals surface area contributed by atoms with Crippen LogP contribution >= 0.6 is 0 Å². The summed E-state index contributed by atoms with van der Waals surface area (Å²) in [5.74, 6) is 0.751. The molecule has 0 radical (unpaired) electrons. The molecule has 0 atom stereocenters. The van der Waals surface area contributed by atoms with Crippen molar-refractivity contribution in [2.24, 2.45) is 4.99 Å². The summed E-state index contributed by atoms with van der Waals surface area (Å²) < 4.78 is 24.5. The van der Waals surface area contributed by atoms with Crippen molar-refractivity contribution in [2.45, 2.75) is 57.0 Å². The number of guanidine groups is 1. The molecule has 7 nitrogen and oxygen atoms in total. The maximum Gasteiger partial charge on any atom is 0.208 e. The summed E-state index contributed by atoms with van der Waals surface area (Å²) in [4.78, 5) is 6.90. The van der Waals surface area contributed by atoms with Crippen molar-refractivity contribution in [3.63, 3.8) is 0 Å². The molecule has 1 saturated heterocycles. The number of likely N-dealkylation sites (tertiary alicyclic amines) is 1. The Morgan fingerprint density at radius 2 is 1.75 bits per heavy atom. The topological polar surface area (TPSA) is 85.8 Å². The molecule has 0 aromatic carbocycles. The van der Waals surface area contributed by atoms with Gasteiger partial charge in [-0.05, 0) is 25.7 Å². The zero-order valence-corrected chi connectivity index (χ0v) is 15.9. The van der Waals surface area contributed by atoms with Gasteiger partial charge in [-0.25, -0.2) is 13.1 Å². The molecule has 8 heteroatoms. The monoisotopic (exact) mass is 359 g/mol. The van der Waals surface area contributed by atoms with Gasteiger partial charge in [-0.1, -0.05) is 19.3 Å². The highest BCUT2D eigenvalue weighted by molar-refractivity contribution is 7.88. The van der Waals surface area contributed by atoms with Crippen molar-refractivity contribution in [3.8, 4) is 0 Å². The van der Waals surface area contributed by atoms with Gasteiger partial charge in [0, 0.05) is 45.3 Å². The van der Waals surface area contributed by atoms with Crippen molar-refractivity contribution in [3.05, 3.63) is 0 Å². The van der Waals surface area contributed by atoms with E-state index in [1.165, 1.54) is 38.4 Å². The molecule has 2 fully saturated rings. The summed E-state index contributed by atoms with van der Waals surface area (Å²) in [6, 6.07) is 1.25. The fraction of sp³-hybridized carbons (Fsp3) is 0.938. The number of sulfonamides is 1. The molecule has 24 heavy (non-hydrogen) atoms. The normalized spacial score (nSPS) is 22.5. The van der Waals surface area contributed by atoms with E-state index in [0.29, 0.717) is 19.1 Å². The molecule has 2 aliphatic rings. The Bertz CT molecular complexity index is 495. The third kappa shape index (κ3) is 6.94. The summed E-state index contributed by atoms with van der Waals surface area (Å²) in [6.07, 6.45) is 10.4. The first-order valence-corrected chi connectivity index (χ1v) is 11.0. The third-order valence-corrected chi connectivity index (χ3v) is 5.70.